The average Bonchev–Trinajstić information content (AvgIpc) is 2.02. The van der Waals surface area contributed by atoms with Crippen molar-refractivity contribution in [2.75, 3.05) is 6.61 Å². The van der Waals surface area contributed by atoms with E-state index in [0.29, 0.717) is 13.0 Å². The molecule has 0 rings (SSSR count). The topological polar surface area (TPSA) is 61.6 Å². The summed E-state index contributed by atoms with van der Waals surface area (Å²) in [6, 6.07) is 0. The summed E-state index contributed by atoms with van der Waals surface area (Å²) in [6.07, 6.45) is 1.41. The highest BCUT2D eigenvalue weighted by Gasteiger charge is 2.08. The molecule has 0 aliphatic heterocycles. The lowest BCUT2D eigenvalue weighted by Crippen LogP contribution is -2.24. The first kappa shape index (κ1) is 11.2. The van der Waals surface area contributed by atoms with E-state index in [2.05, 4.69) is 11.7 Å². The fraction of sp³-hybridized carbons (Fsp3) is 0.875. The normalized spacial score (nSPS) is 12.5. The number of rotatable bonds is 6. The van der Waals surface area contributed by atoms with Crippen LogP contribution in [0.3, 0.4) is 0 Å². The first-order valence-electron chi connectivity index (χ1n) is 4.28. The van der Waals surface area contributed by atoms with Crippen molar-refractivity contribution in [3.63, 3.8) is 0 Å². The largest absolute Gasteiger partial charge is 0.420 e. The summed E-state index contributed by atoms with van der Waals surface area (Å²) in [5, 5.41) is 0. The predicted octanol–water partition coefficient (Wildman–Crippen LogP) is 1.63. The molecule has 0 aliphatic rings. The second-order valence-corrected chi connectivity index (χ2v) is 2.50. The summed E-state index contributed by atoms with van der Waals surface area (Å²) >= 11 is 0. The van der Waals surface area contributed by atoms with E-state index in [1.807, 2.05) is 6.92 Å². The van der Waals surface area contributed by atoms with E-state index in [0.717, 1.165) is 12.8 Å². The van der Waals surface area contributed by atoms with Crippen molar-refractivity contribution in [2.24, 2.45) is 5.73 Å². The van der Waals surface area contributed by atoms with Gasteiger partial charge in [-0.1, -0.05) is 20.3 Å². The molecule has 0 aromatic carbocycles. The fourth-order valence-electron chi connectivity index (χ4n) is 0.724. The SMILES string of the molecule is CCCCOC(CC)OC(N)=O. The lowest BCUT2D eigenvalue weighted by Gasteiger charge is -2.14. The van der Waals surface area contributed by atoms with Gasteiger partial charge in [0.05, 0.1) is 6.61 Å². The Morgan fingerprint density at radius 1 is 1.50 bits per heavy atom. The maximum absolute atomic E-state index is 10.3. The zero-order chi connectivity index (χ0) is 9.40. The van der Waals surface area contributed by atoms with Crippen LogP contribution in [0.1, 0.15) is 33.1 Å². The Hall–Kier alpha value is -0.770. The van der Waals surface area contributed by atoms with Gasteiger partial charge in [-0.2, -0.15) is 0 Å². The van der Waals surface area contributed by atoms with Crippen LogP contribution in [-0.2, 0) is 9.47 Å². The van der Waals surface area contributed by atoms with E-state index in [1.54, 1.807) is 0 Å². The number of carbonyl (C=O) groups is 1. The van der Waals surface area contributed by atoms with Gasteiger partial charge in [-0.3, -0.25) is 0 Å². The van der Waals surface area contributed by atoms with Crippen LogP contribution in [0, 0.1) is 0 Å². The van der Waals surface area contributed by atoms with E-state index in [1.165, 1.54) is 0 Å². The molecule has 0 saturated carbocycles. The van der Waals surface area contributed by atoms with E-state index in [4.69, 9.17) is 10.5 Å². The van der Waals surface area contributed by atoms with Crippen LogP contribution in [0.25, 0.3) is 0 Å². The van der Waals surface area contributed by atoms with Gasteiger partial charge in [-0.25, -0.2) is 4.79 Å². The molecule has 1 amide bonds. The highest BCUT2D eigenvalue weighted by molar-refractivity contribution is 5.64. The molecular weight excluding hydrogens is 158 g/mol. The highest BCUT2D eigenvalue weighted by Crippen LogP contribution is 2.01. The molecule has 12 heavy (non-hydrogen) atoms. The van der Waals surface area contributed by atoms with Crippen molar-refractivity contribution in [1.82, 2.24) is 0 Å². The van der Waals surface area contributed by atoms with Crippen LogP contribution in [0.2, 0.25) is 0 Å². The van der Waals surface area contributed by atoms with Gasteiger partial charge >= 0.3 is 6.09 Å². The third kappa shape index (κ3) is 5.97. The van der Waals surface area contributed by atoms with Crippen LogP contribution in [0.4, 0.5) is 4.79 Å². The second-order valence-electron chi connectivity index (χ2n) is 2.50. The highest BCUT2D eigenvalue weighted by atomic mass is 16.7. The monoisotopic (exact) mass is 175 g/mol. The number of ether oxygens (including phenoxy) is 2. The van der Waals surface area contributed by atoms with Gasteiger partial charge in [-0.15, -0.1) is 0 Å². The summed E-state index contributed by atoms with van der Waals surface area (Å²) in [6.45, 7) is 4.56. The molecule has 0 aliphatic carbocycles. The first-order chi connectivity index (χ1) is 5.70. The van der Waals surface area contributed by atoms with Gasteiger partial charge < -0.3 is 15.2 Å². The Morgan fingerprint density at radius 3 is 2.58 bits per heavy atom. The molecule has 0 aromatic rings. The predicted molar refractivity (Wildman–Crippen MR) is 45.6 cm³/mol. The summed E-state index contributed by atoms with van der Waals surface area (Å²) < 4.78 is 9.88. The van der Waals surface area contributed by atoms with Gasteiger partial charge in [0.2, 0.25) is 6.29 Å². The van der Waals surface area contributed by atoms with Crippen molar-refractivity contribution in [2.45, 2.75) is 39.4 Å². The number of hydrogen-bond acceptors (Lipinski definition) is 3. The molecule has 1 unspecified atom stereocenters. The average molecular weight is 175 g/mol. The molecule has 0 aromatic heterocycles. The standard InChI is InChI=1S/C8H17NO3/c1-3-5-6-11-7(4-2)12-8(9)10/h7H,3-6H2,1-2H3,(H2,9,10). The Kier molecular flexibility index (Phi) is 6.47. The van der Waals surface area contributed by atoms with Gasteiger partial charge in [0, 0.05) is 6.42 Å². The lowest BCUT2D eigenvalue weighted by atomic mass is 10.3. The minimum Gasteiger partial charge on any atom is -0.420 e. The molecule has 0 spiro atoms. The van der Waals surface area contributed by atoms with E-state index >= 15 is 0 Å². The molecule has 4 nitrogen and oxygen atoms in total. The quantitative estimate of drug-likeness (QED) is 0.493. The second kappa shape index (κ2) is 6.91. The number of carbonyl (C=O) groups excluding carboxylic acids is 1. The maximum Gasteiger partial charge on any atom is 0.406 e. The Bertz CT molecular complexity index is 127. The first-order valence-corrected chi connectivity index (χ1v) is 4.28. The van der Waals surface area contributed by atoms with Crippen LogP contribution in [0.5, 0.6) is 0 Å². The summed E-state index contributed by atoms with van der Waals surface area (Å²) in [4.78, 5) is 10.3. The van der Waals surface area contributed by atoms with Gasteiger partial charge in [-0.05, 0) is 6.42 Å². The minimum atomic E-state index is -0.779. The van der Waals surface area contributed by atoms with Gasteiger partial charge in [0.15, 0.2) is 0 Å². The molecule has 4 heteroatoms. The van der Waals surface area contributed by atoms with Crippen molar-refractivity contribution >= 4 is 6.09 Å². The van der Waals surface area contributed by atoms with Gasteiger partial charge in [0.1, 0.15) is 0 Å². The van der Waals surface area contributed by atoms with E-state index in [9.17, 15) is 4.79 Å². The fourth-order valence-corrected chi connectivity index (χ4v) is 0.724. The van der Waals surface area contributed by atoms with Crippen LogP contribution in [0.15, 0.2) is 0 Å². The van der Waals surface area contributed by atoms with E-state index < -0.39 is 12.4 Å². The zero-order valence-electron chi connectivity index (χ0n) is 7.71. The summed E-state index contributed by atoms with van der Waals surface area (Å²) in [5.41, 5.74) is 4.83. The molecule has 1 atom stereocenters. The Balaban J connectivity index is 3.46. The van der Waals surface area contributed by atoms with Crippen molar-refractivity contribution in [1.29, 1.82) is 0 Å². The molecular formula is C8H17NO3. The Morgan fingerprint density at radius 2 is 2.17 bits per heavy atom. The minimum absolute atomic E-state index is 0.478. The maximum atomic E-state index is 10.3. The van der Waals surface area contributed by atoms with Crippen molar-refractivity contribution in [3.05, 3.63) is 0 Å². The van der Waals surface area contributed by atoms with Crippen molar-refractivity contribution < 1.29 is 14.3 Å². The number of amides is 1. The molecule has 72 valence electrons. The third-order valence-corrected chi connectivity index (χ3v) is 1.38. The number of unbranched alkanes of at least 4 members (excludes halogenated alkanes) is 1. The molecule has 0 heterocycles. The van der Waals surface area contributed by atoms with Gasteiger partial charge in [0.25, 0.3) is 0 Å². The Labute approximate surface area is 73.0 Å². The number of nitrogens with two attached hydrogens (primary N) is 1. The molecule has 0 bridgehead atoms. The summed E-state index contributed by atoms with van der Waals surface area (Å²) in [5.74, 6) is 0. The van der Waals surface area contributed by atoms with Crippen LogP contribution in [-0.4, -0.2) is 19.0 Å². The van der Waals surface area contributed by atoms with Crippen molar-refractivity contribution in [3.8, 4) is 0 Å². The van der Waals surface area contributed by atoms with Crippen LogP contribution >= 0.6 is 0 Å². The van der Waals surface area contributed by atoms with Crippen LogP contribution < -0.4 is 5.73 Å². The summed E-state index contributed by atoms with van der Waals surface area (Å²) in [7, 11) is 0. The number of hydrogen-bond donors (Lipinski definition) is 1. The smallest absolute Gasteiger partial charge is 0.406 e. The molecule has 0 fully saturated rings. The zero-order valence-corrected chi connectivity index (χ0v) is 7.71. The third-order valence-electron chi connectivity index (χ3n) is 1.38. The van der Waals surface area contributed by atoms with E-state index in [-0.39, 0.29) is 0 Å². The number of primary amides is 1. The molecule has 0 saturated heterocycles. The molecule has 2 N–H and O–H groups in total. The lowest BCUT2D eigenvalue weighted by molar-refractivity contribution is -0.103. The molecule has 0 radical (unpaired) electrons.